The Morgan fingerprint density at radius 2 is 1.93 bits per heavy atom. The van der Waals surface area contributed by atoms with Crippen LogP contribution in [0.3, 0.4) is 0 Å². The van der Waals surface area contributed by atoms with Gasteiger partial charge < -0.3 is 19.5 Å². The van der Waals surface area contributed by atoms with Crippen molar-refractivity contribution in [3.05, 3.63) is 42.7 Å². The number of rotatable bonds is 7. The molecule has 0 saturated carbocycles. The average molecular weight is 381 g/mol. The van der Waals surface area contributed by atoms with Crippen LogP contribution in [0.5, 0.6) is 5.75 Å². The minimum Gasteiger partial charge on any atom is -0.497 e. The molecule has 1 aliphatic heterocycles. The molecule has 2 aromatic heterocycles. The van der Waals surface area contributed by atoms with Gasteiger partial charge in [-0.15, -0.1) is 0 Å². The highest BCUT2D eigenvalue weighted by atomic mass is 16.5. The Labute approximate surface area is 163 Å². The topological polar surface area (TPSA) is 92.4 Å². The van der Waals surface area contributed by atoms with E-state index in [1.54, 1.807) is 19.5 Å². The minimum absolute atomic E-state index is 0.425. The van der Waals surface area contributed by atoms with Gasteiger partial charge in [-0.3, -0.25) is 4.90 Å². The fraction of sp³-hybridized carbons (Fsp3) is 0.368. The van der Waals surface area contributed by atoms with Crippen molar-refractivity contribution in [2.45, 2.75) is 0 Å². The number of hydrogen-bond acceptors (Lipinski definition) is 9. The number of methoxy groups -OCH3 is 1. The van der Waals surface area contributed by atoms with Gasteiger partial charge in [0.05, 0.1) is 7.11 Å². The van der Waals surface area contributed by atoms with Gasteiger partial charge in [0.15, 0.2) is 0 Å². The van der Waals surface area contributed by atoms with E-state index in [0.717, 1.165) is 56.5 Å². The van der Waals surface area contributed by atoms with Crippen molar-refractivity contribution in [1.29, 1.82) is 0 Å². The van der Waals surface area contributed by atoms with Crippen LogP contribution in [0.1, 0.15) is 0 Å². The van der Waals surface area contributed by atoms with Crippen LogP contribution in [0, 0.1) is 0 Å². The Hall–Kier alpha value is -3.20. The standard InChI is InChI=1S/C19H23N7O2/c1-27-16-5-2-4-15(14-16)17-23-19(28-24-17)22-8-9-25-10-12-26(13-11-25)18-20-6-3-7-21-18/h2-7,14H,8-13H2,1H3,(H,22,23,24). The van der Waals surface area contributed by atoms with Crippen molar-refractivity contribution in [3.63, 3.8) is 0 Å². The molecule has 3 heterocycles. The molecule has 1 fully saturated rings. The number of aromatic nitrogens is 4. The van der Waals surface area contributed by atoms with E-state index in [4.69, 9.17) is 9.26 Å². The van der Waals surface area contributed by atoms with Gasteiger partial charge >= 0.3 is 6.01 Å². The highest BCUT2D eigenvalue weighted by Crippen LogP contribution is 2.22. The molecule has 28 heavy (non-hydrogen) atoms. The maximum Gasteiger partial charge on any atom is 0.321 e. The number of anilines is 2. The Kier molecular flexibility index (Phi) is 5.62. The summed E-state index contributed by atoms with van der Waals surface area (Å²) in [7, 11) is 1.63. The van der Waals surface area contributed by atoms with E-state index < -0.39 is 0 Å². The first kappa shape index (κ1) is 18.2. The number of nitrogens with one attached hydrogen (secondary N) is 1. The molecular weight excluding hydrogens is 358 g/mol. The summed E-state index contributed by atoms with van der Waals surface area (Å²) in [6, 6.07) is 9.85. The van der Waals surface area contributed by atoms with E-state index in [0.29, 0.717) is 11.8 Å². The van der Waals surface area contributed by atoms with Gasteiger partial charge in [-0.05, 0) is 18.2 Å². The third-order valence-corrected chi connectivity index (χ3v) is 4.67. The van der Waals surface area contributed by atoms with Crippen LogP contribution in [-0.2, 0) is 0 Å². The van der Waals surface area contributed by atoms with E-state index in [9.17, 15) is 0 Å². The maximum absolute atomic E-state index is 5.30. The Morgan fingerprint density at radius 1 is 1.11 bits per heavy atom. The number of benzene rings is 1. The fourth-order valence-corrected chi connectivity index (χ4v) is 3.12. The second kappa shape index (κ2) is 8.66. The fourth-order valence-electron chi connectivity index (χ4n) is 3.12. The molecule has 0 bridgehead atoms. The minimum atomic E-state index is 0.425. The van der Waals surface area contributed by atoms with Gasteiger partial charge in [0.25, 0.3) is 0 Å². The molecule has 146 valence electrons. The molecule has 1 aromatic carbocycles. The third kappa shape index (κ3) is 4.37. The lowest BCUT2D eigenvalue weighted by atomic mass is 10.2. The molecule has 1 saturated heterocycles. The summed E-state index contributed by atoms with van der Waals surface area (Å²) in [5, 5.41) is 7.23. The average Bonchev–Trinajstić information content (AvgIpc) is 3.24. The molecule has 0 aliphatic carbocycles. The molecule has 3 aromatic rings. The molecule has 9 nitrogen and oxygen atoms in total. The third-order valence-electron chi connectivity index (χ3n) is 4.67. The van der Waals surface area contributed by atoms with Crippen LogP contribution >= 0.6 is 0 Å². The lowest BCUT2D eigenvalue weighted by Crippen LogP contribution is -2.48. The van der Waals surface area contributed by atoms with E-state index >= 15 is 0 Å². The summed E-state index contributed by atoms with van der Waals surface area (Å²) < 4.78 is 10.5. The summed E-state index contributed by atoms with van der Waals surface area (Å²) in [6.45, 7) is 5.43. The van der Waals surface area contributed by atoms with Crippen LogP contribution < -0.4 is 15.0 Å². The summed E-state index contributed by atoms with van der Waals surface area (Å²) in [5.41, 5.74) is 0.857. The van der Waals surface area contributed by atoms with Crippen molar-refractivity contribution in [1.82, 2.24) is 25.0 Å². The van der Waals surface area contributed by atoms with E-state index in [2.05, 4.69) is 35.2 Å². The second-order valence-electron chi connectivity index (χ2n) is 6.46. The van der Waals surface area contributed by atoms with Gasteiger partial charge in [-0.2, -0.15) is 4.98 Å². The van der Waals surface area contributed by atoms with Crippen molar-refractivity contribution in [3.8, 4) is 17.1 Å². The first-order valence-corrected chi connectivity index (χ1v) is 9.28. The summed E-state index contributed by atoms with van der Waals surface area (Å²) in [6.07, 6.45) is 3.56. The SMILES string of the molecule is COc1cccc(-c2noc(NCCN3CCN(c4ncccn4)CC3)n2)c1. The molecule has 4 rings (SSSR count). The van der Waals surface area contributed by atoms with Crippen LogP contribution in [0.25, 0.3) is 11.4 Å². The number of hydrogen-bond donors (Lipinski definition) is 1. The highest BCUT2D eigenvalue weighted by Gasteiger charge is 2.18. The van der Waals surface area contributed by atoms with Crippen LogP contribution in [0.2, 0.25) is 0 Å². The number of ether oxygens (including phenoxy) is 1. The zero-order valence-electron chi connectivity index (χ0n) is 15.8. The first-order chi connectivity index (χ1) is 13.8. The molecule has 0 amide bonds. The van der Waals surface area contributed by atoms with Gasteiger partial charge in [0.2, 0.25) is 11.8 Å². The first-order valence-electron chi connectivity index (χ1n) is 9.28. The normalized spacial score (nSPS) is 14.8. The van der Waals surface area contributed by atoms with Gasteiger partial charge in [0, 0.05) is 57.2 Å². The number of piperazine rings is 1. The maximum atomic E-state index is 5.30. The Morgan fingerprint density at radius 3 is 2.71 bits per heavy atom. The zero-order valence-corrected chi connectivity index (χ0v) is 15.8. The molecule has 1 N–H and O–H groups in total. The monoisotopic (exact) mass is 381 g/mol. The summed E-state index contributed by atoms with van der Waals surface area (Å²) in [4.78, 5) is 17.6. The predicted octanol–water partition coefficient (Wildman–Crippen LogP) is 1.77. The molecule has 1 aliphatic rings. The second-order valence-corrected chi connectivity index (χ2v) is 6.46. The summed E-state index contributed by atoms with van der Waals surface area (Å²) in [5.74, 6) is 2.10. The lowest BCUT2D eigenvalue weighted by Gasteiger charge is -2.34. The van der Waals surface area contributed by atoms with Crippen LogP contribution in [0.15, 0.2) is 47.2 Å². The predicted molar refractivity (Wildman–Crippen MR) is 105 cm³/mol. The Balaban J connectivity index is 1.23. The molecule has 0 radical (unpaired) electrons. The zero-order chi connectivity index (χ0) is 19.2. The van der Waals surface area contributed by atoms with Crippen molar-refractivity contribution in [2.24, 2.45) is 0 Å². The van der Waals surface area contributed by atoms with E-state index in [1.165, 1.54) is 0 Å². The van der Waals surface area contributed by atoms with Gasteiger partial charge in [0.1, 0.15) is 5.75 Å². The Bertz CT molecular complexity index is 879. The molecular formula is C19H23N7O2. The smallest absolute Gasteiger partial charge is 0.321 e. The van der Waals surface area contributed by atoms with Gasteiger partial charge in [-0.25, -0.2) is 9.97 Å². The molecule has 9 heteroatoms. The lowest BCUT2D eigenvalue weighted by molar-refractivity contribution is 0.265. The highest BCUT2D eigenvalue weighted by molar-refractivity contribution is 5.57. The van der Waals surface area contributed by atoms with Crippen LogP contribution in [-0.4, -0.2) is 71.4 Å². The molecule has 0 unspecified atom stereocenters. The van der Waals surface area contributed by atoms with Crippen molar-refractivity contribution < 1.29 is 9.26 Å². The summed E-state index contributed by atoms with van der Waals surface area (Å²) >= 11 is 0. The van der Waals surface area contributed by atoms with Gasteiger partial charge in [-0.1, -0.05) is 17.3 Å². The van der Waals surface area contributed by atoms with E-state index in [-0.39, 0.29) is 0 Å². The molecule has 0 spiro atoms. The van der Waals surface area contributed by atoms with E-state index in [1.807, 2.05) is 30.3 Å². The van der Waals surface area contributed by atoms with Crippen molar-refractivity contribution in [2.75, 3.05) is 56.6 Å². The number of nitrogens with zero attached hydrogens (tertiary/aromatic N) is 6. The quantitative estimate of drug-likeness (QED) is 0.657. The van der Waals surface area contributed by atoms with Crippen LogP contribution in [0.4, 0.5) is 12.0 Å². The van der Waals surface area contributed by atoms with Crippen molar-refractivity contribution >= 4 is 12.0 Å². The largest absolute Gasteiger partial charge is 0.497 e. The molecule has 0 atom stereocenters.